The van der Waals surface area contributed by atoms with E-state index in [1.807, 2.05) is 0 Å². The number of carbonyl (C=O) groups is 2. The highest BCUT2D eigenvalue weighted by molar-refractivity contribution is 5.94. The van der Waals surface area contributed by atoms with E-state index in [4.69, 9.17) is 5.73 Å². The molecule has 1 rings (SSSR count). The van der Waals surface area contributed by atoms with Crippen LogP contribution in [-0.2, 0) is 4.79 Å². The quantitative estimate of drug-likeness (QED) is 0.640. The van der Waals surface area contributed by atoms with Crippen molar-refractivity contribution in [2.24, 2.45) is 11.7 Å². The first-order valence-electron chi connectivity index (χ1n) is 6.59. The molecule has 1 aliphatic heterocycles. The van der Waals surface area contributed by atoms with Crippen LogP contribution in [0.3, 0.4) is 0 Å². The van der Waals surface area contributed by atoms with E-state index >= 15 is 0 Å². The van der Waals surface area contributed by atoms with Crippen molar-refractivity contribution < 1.29 is 9.59 Å². The number of imide groups is 1. The fraction of sp³-hybridized carbons (Fsp3) is 0.833. The molecule has 0 atom stereocenters. The van der Waals surface area contributed by atoms with Gasteiger partial charge in [-0.2, -0.15) is 0 Å². The monoisotopic (exact) mass is 256 g/mol. The van der Waals surface area contributed by atoms with Crippen LogP contribution >= 0.6 is 0 Å². The third-order valence-corrected chi connectivity index (χ3v) is 3.42. The first-order valence-corrected chi connectivity index (χ1v) is 6.59. The molecule has 0 bridgehead atoms. The van der Waals surface area contributed by atoms with Gasteiger partial charge in [0.05, 0.1) is 0 Å². The molecule has 0 radical (unpaired) electrons. The van der Waals surface area contributed by atoms with Crippen molar-refractivity contribution in [3.05, 3.63) is 0 Å². The SMILES string of the molecule is CNC(=O)NC(=O)CCN1CCC(CCN)CC1. The van der Waals surface area contributed by atoms with Gasteiger partial charge in [0.15, 0.2) is 0 Å². The Morgan fingerprint density at radius 2 is 2.00 bits per heavy atom. The summed E-state index contributed by atoms with van der Waals surface area (Å²) < 4.78 is 0. The van der Waals surface area contributed by atoms with Crippen LogP contribution in [0.5, 0.6) is 0 Å². The summed E-state index contributed by atoms with van der Waals surface area (Å²) in [4.78, 5) is 24.6. The van der Waals surface area contributed by atoms with Gasteiger partial charge >= 0.3 is 6.03 Å². The van der Waals surface area contributed by atoms with Crippen molar-refractivity contribution in [1.29, 1.82) is 0 Å². The topological polar surface area (TPSA) is 87.5 Å². The summed E-state index contributed by atoms with van der Waals surface area (Å²) >= 11 is 0. The van der Waals surface area contributed by atoms with E-state index in [-0.39, 0.29) is 5.91 Å². The van der Waals surface area contributed by atoms with Crippen LogP contribution in [0.25, 0.3) is 0 Å². The maximum atomic E-state index is 11.4. The van der Waals surface area contributed by atoms with Gasteiger partial charge in [0.2, 0.25) is 5.91 Å². The van der Waals surface area contributed by atoms with E-state index in [9.17, 15) is 9.59 Å². The van der Waals surface area contributed by atoms with Crippen molar-refractivity contribution in [2.45, 2.75) is 25.7 Å². The molecule has 1 aliphatic rings. The average molecular weight is 256 g/mol. The molecular weight excluding hydrogens is 232 g/mol. The molecule has 0 aliphatic carbocycles. The summed E-state index contributed by atoms with van der Waals surface area (Å²) in [6.07, 6.45) is 3.79. The molecule has 1 saturated heterocycles. The van der Waals surface area contributed by atoms with Gasteiger partial charge in [-0.15, -0.1) is 0 Å². The fourth-order valence-corrected chi connectivity index (χ4v) is 2.25. The van der Waals surface area contributed by atoms with Gasteiger partial charge in [-0.1, -0.05) is 0 Å². The molecule has 0 aromatic rings. The Hall–Kier alpha value is -1.14. The second-order valence-electron chi connectivity index (χ2n) is 4.74. The highest BCUT2D eigenvalue weighted by Gasteiger charge is 2.19. The molecular formula is C12H24N4O2. The zero-order chi connectivity index (χ0) is 13.4. The van der Waals surface area contributed by atoms with E-state index in [0.717, 1.165) is 51.4 Å². The van der Waals surface area contributed by atoms with Gasteiger partial charge in [0.1, 0.15) is 0 Å². The first-order chi connectivity index (χ1) is 8.65. The Morgan fingerprint density at radius 1 is 1.33 bits per heavy atom. The second kappa shape index (κ2) is 8.05. The smallest absolute Gasteiger partial charge is 0.321 e. The van der Waals surface area contributed by atoms with E-state index in [1.165, 1.54) is 7.05 Å². The molecule has 4 N–H and O–H groups in total. The molecule has 0 saturated carbocycles. The summed E-state index contributed by atoms with van der Waals surface area (Å²) in [5.41, 5.74) is 5.55. The summed E-state index contributed by atoms with van der Waals surface area (Å²) in [5, 5.41) is 4.62. The molecule has 3 amide bonds. The first kappa shape index (κ1) is 14.9. The number of piperidine rings is 1. The maximum absolute atomic E-state index is 11.4. The van der Waals surface area contributed by atoms with E-state index in [2.05, 4.69) is 15.5 Å². The number of hydrogen-bond donors (Lipinski definition) is 3. The Kier molecular flexibility index (Phi) is 6.67. The number of nitrogens with one attached hydrogen (secondary N) is 2. The molecule has 6 heteroatoms. The number of amides is 3. The molecule has 1 fully saturated rings. The molecule has 0 spiro atoms. The van der Waals surface area contributed by atoms with E-state index in [0.29, 0.717) is 6.42 Å². The van der Waals surface area contributed by atoms with Crippen LogP contribution in [-0.4, -0.2) is 50.1 Å². The lowest BCUT2D eigenvalue weighted by molar-refractivity contribution is -0.120. The lowest BCUT2D eigenvalue weighted by atomic mass is 9.93. The molecule has 6 nitrogen and oxygen atoms in total. The van der Waals surface area contributed by atoms with Gasteiger partial charge in [0, 0.05) is 20.0 Å². The standard InChI is InChI=1S/C12H24N4O2/c1-14-12(18)15-11(17)5-9-16-7-3-10(2-6-13)4-8-16/h10H,2-9,13H2,1H3,(H2,14,15,17,18). The minimum Gasteiger partial charge on any atom is -0.341 e. The Morgan fingerprint density at radius 3 is 2.56 bits per heavy atom. The van der Waals surface area contributed by atoms with Crippen LogP contribution in [0.1, 0.15) is 25.7 Å². The zero-order valence-electron chi connectivity index (χ0n) is 11.1. The molecule has 0 aromatic carbocycles. The van der Waals surface area contributed by atoms with Crippen LogP contribution in [0.2, 0.25) is 0 Å². The van der Waals surface area contributed by atoms with Crippen molar-refractivity contribution in [1.82, 2.24) is 15.5 Å². The Balaban J connectivity index is 2.14. The molecule has 0 aromatic heterocycles. The lowest BCUT2D eigenvalue weighted by Gasteiger charge is -2.31. The highest BCUT2D eigenvalue weighted by atomic mass is 16.2. The molecule has 104 valence electrons. The number of carbonyl (C=O) groups excluding carboxylic acids is 2. The van der Waals surface area contributed by atoms with E-state index < -0.39 is 6.03 Å². The predicted molar refractivity (Wildman–Crippen MR) is 70.1 cm³/mol. The number of nitrogens with zero attached hydrogens (tertiary/aromatic N) is 1. The van der Waals surface area contributed by atoms with E-state index in [1.54, 1.807) is 0 Å². The minimum absolute atomic E-state index is 0.224. The van der Waals surface area contributed by atoms with Crippen molar-refractivity contribution >= 4 is 11.9 Å². The van der Waals surface area contributed by atoms with Crippen molar-refractivity contribution in [3.63, 3.8) is 0 Å². The summed E-state index contributed by atoms with van der Waals surface area (Å²) in [7, 11) is 1.49. The van der Waals surface area contributed by atoms with Crippen LogP contribution in [0.4, 0.5) is 4.79 Å². The van der Waals surface area contributed by atoms with Crippen molar-refractivity contribution in [2.75, 3.05) is 33.2 Å². The maximum Gasteiger partial charge on any atom is 0.321 e. The number of nitrogens with two attached hydrogens (primary N) is 1. The molecule has 18 heavy (non-hydrogen) atoms. The third-order valence-electron chi connectivity index (χ3n) is 3.42. The summed E-state index contributed by atoms with van der Waals surface area (Å²) in [5.74, 6) is 0.518. The number of hydrogen-bond acceptors (Lipinski definition) is 4. The second-order valence-corrected chi connectivity index (χ2v) is 4.74. The van der Waals surface area contributed by atoms with Gasteiger partial charge in [-0.25, -0.2) is 4.79 Å². The van der Waals surface area contributed by atoms with Crippen LogP contribution in [0, 0.1) is 5.92 Å². The predicted octanol–water partition coefficient (Wildman–Crippen LogP) is -0.107. The van der Waals surface area contributed by atoms with Crippen LogP contribution in [0.15, 0.2) is 0 Å². The zero-order valence-corrected chi connectivity index (χ0v) is 11.1. The largest absolute Gasteiger partial charge is 0.341 e. The van der Waals surface area contributed by atoms with Gasteiger partial charge in [0.25, 0.3) is 0 Å². The van der Waals surface area contributed by atoms with Crippen molar-refractivity contribution in [3.8, 4) is 0 Å². The average Bonchev–Trinajstić information content (AvgIpc) is 2.38. The third kappa shape index (κ3) is 5.46. The van der Waals surface area contributed by atoms with Gasteiger partial charge < -0.3 is 16.0 Å². The Labute approximate surface area is 108 Å². The normalized spacial score (nSPS) is 17.4. The minimum atomic E-state index is -0.443. The number of likely N-dealkylation sites (tertiary alicyclic amines) is 1. The van der Waals surface area contributed by atoms with Crippen LogP contribution < -0.4 is 16.4 Å². The van der Waals surface area contributed by atoms with Gasteiger partial charge in [-0.05, 0) is 44.8 Å². The highest BCUT2D eigenvalue weighted by Crippen LogP contribution is 2.19. The number of rotatable bonds is 5. The fourth-order valence-electron chi connectivity index (χ4n) is 2.25. The molecule has 1 heterocycles. The molecule has 0 unspecified atom stereocenters. The summed E-state index contributed by atoms with van der Waals surface area (Å²) in [6, 6.07) is -0.443. The Bertz CT molecular complexity index is 275. The lowest BCUT2D eigenvalue weighted by Crippen LogP contribution is -2.40. The van der Waals surface area contributed by atoms with Gasteiger partial charge in [-0.3, -0.25) is 10.1 Å². The number of urea groups is 1. The summed E-state index contributed by atoms with van der Waals surface area (Å²) in [6.45, 7) is 3.53.